The first-order chi connectivity index (χ1) is 5.09. The van der Waals surface area contributed by atoms with Gasteiger partial charge >= 0.3 is 0 Å². The fourth-order valence-electron chi connectivity index (χ4n) is 1.71. The van der Waals surface area contributed by atoms with Gasteiger partial charge in [0.2, 0.25) is 0 Å². The van der Waals surface area contributed by atoms with E-state index in [-0.39, 0.29) is 53.8 Å². The third-order valence-corrected chi connectivity index (χ3v) is 2.22. The average Bonchev–Trinajstić information content (AvgIpc) is 1.85. The van der Waals surface area contributed by atoms with Crippen LogP contribution in [0.3, 0.4) is 0 Å². The molecule has 2 atom stereocenters. The molecule has 3 heteroatoms. The SMILES string of the molecule is CC1[CH-]C(C)CN(C(C)C)[CH-]1.[W].[Y]. The summed E-state index contributed by atoms with van der Waals surface area (Å²) in [6.45, 7) is 12.6. The fourth-order valence-corrected chi connectivity index (χ4v) is 1.71. The van der Waals surface area contributed by atoms with Crippen LogP contribution >= 0.6 is 0 Å². The summed E-state index contributed by atoms with van der Waals surface area (Å²) in [6.07, 6.45) is 2.42. The summed E-state index contributed by atoms with van der Waals surface area (Å²) in [4.78, 5) is 2.44. The van der Waals surface area contributed by atoms with Crippen molar-refractivity contribution < 1.29 is 53.8 Å². The Morgan fingerprint density at radius 1 is 1.31 bits per heavy atom. The summed E-state index contributed by atoms with van der Waals surface area (Å²) in [5.41, 5.74) is 0. The Hall–Kier alpha value is 1.75. The zero-order valence-electron chi connectivity index (χ0n) is 9.03. The Labute approximate surface area is 123 Å². The predicted octanol–water partition coefficient (Wildman–Crippen LogP) is 2.34. The molecule has 1 saturated heterocycles. The summed E-state index contributed by atoms with van der Waals surface area (Å²) in [6, 6.07) is 0.661. The molecule has 0 aromatic heterocycles. The average molecular weight is 426 g/mol. The van der Waals surface area contributed by atoms with Crippen molar-refractivity contribution in [1.29, 1.82) is 0 Å². The Morgan fingerprint density at radius 3 is 2.23 bits per heavy atom. The van der Waals surface area contributed by atoms with Crippen LogP contribution in [0.15, 0.2) is 0 Å². The number of piperidine rings is 1. The maximum Gasteiger partial charge on any atom is 0 e. The van der Waals surface area contributed by atoms with E-state index >= 15 is 0 Å². The van der Waals surface area contributed by atoms with Crippen LogP contribution in [-0.4, -0.2) is 17.5 Å². The molecule has 13 heavy (non-hydrogen) atoms. The molecule has 1 rings (SSSR count). The van der Waals surface area contributed by atoms with E-state index in [9.17, 15) is 0 Å². The number of rotatable bonds is 1. The molecule has 0 amide bonds. The number of nitrogens with zero attached hydrogens (tertiary/aromatic N) is 1. The molecule has 1 heterocycles. The van der Waals surface area contributed by atoms with Gasteiger partial charge in [-0.15, -0.1) is 6.92 Å². The van der Waals surface area contributed by atoms with Crippen LogP contribution in [0, 0.1) is 24.8 Å². The summed E-state index contributed by atoms with van der Waals surface area (Å²) < 4.78 is 0. The van der Waals surface area contributed by atoms with E-state index in [2.05, 4.69) is 45.6 Å². The van der Waals surface area contributed by atoms with Crippen LogP contribution in [0.5, 0.6) is 0 Å². The second-order valence-corrected chi connectivity index (χ2v) is 3.97. The second kappa shape index (κ2) is 7.97. The van der Waals surface area contributed by atoms with Crippen molar-refractivity contribution in [2.75, 3.05) is 6.54 Å². The van der Waals surface area contributed by atoms with Crippen molar-refractivity contribution in [1.82, 2.24) is 4.90 Å². The zero-order valence-corrected chi connectivity index (χ0v) is 14.8. The Kier molecular flexibility index (Phi) is 10.5. The van der Waals surface area contributed by atoms with Gasteiger partial charge in [0, 0.05) is 53.8 Å². The van der Waals surface area contributed by atoms with Gasteiger partial charge in [-0.05, 0) is 6.04 Å². The Bertz CT molecular complexity index is 120. The predicted molar refractivity (Wildman–Crippen MR) is 48.8 cm³/mol. The first-order valence-corrected chi connectivity index (χ1v) is 4.55. The molecular weight excluding hydrogens is 407 g/mol. The molecule has 2 unspecified atom stereocenters. The van der Waals surface area contributed by atoms with Crippen molar-refractivity contribution >= 4 is 0 Å². The minimum absolute atomic E-state index is 0. The normalized spacial score (nSPS) is 29.3. The molecule has 0 spiro atoms. The topological polar surface area (TPSA) is 3.24 Å². The first-order valence-electron chi connectivity index (χ1n) is 4.55. The van der Waals surface area contributed by atoms with Gasteiger partial charge in [-0.1, -0.05) is 27.3 Å². The minimum atomic E-state index is 0. The summed E-state index contributed by atoms with van der Waals surface area (Å²) in [5.74, 6) is 1.40. The van der Waals surface area contributed by atoms with E-state index in [1.165, 1.54) is 6.54 Å². The molecule has 0 aliphatic carbocycles. The molecule has 0 saturated carbocycles. The second-order valence-electron chi connectivity index (χ2n) is 3.97. The van der Waals surface area contributed by atoms with Crippen molar-refractivity contribution in [3.8, 4) is 0 Å². The smallest absolute Gasteiger partial charge is 0 e. The van der Waals surface area contributed by atoms with Gasteiger partial charge in [0.05, 0.1) is 0 Å². The van der Waals surface area contributed by atoms with Crippen molar-refractivity contribution in [3.63, 3.8) is 0 Å². The van der Waals surface area contributed by atoms with Crippen molar-refractivity contribution in [2.24, 2.45) is 11.8 Å². The van der Waals surface area contributed by atoms with Crippen LogP contribution in [0.25, 0.3) is 0 Å². The molecule has 0 bridgehead atoms. The van der Waals surface area contributed by atoms with Gasteiger partial charge in [-0.3, -0.25) is 12.5 Å². The van der Waals surface area contributed by atoms with Crippen LogP contribution in [-0.2, 0) is 53.8 Å². The van der Waals surface area contributed by atoms with Crippen LogP contribution in [0.4, 0.5) is 0 Å². The molecule has 1 aliphatic heterocycles. The van der Waals surface area contributed by atoms with Crippen molar-refractivity contribution in [2.45, 2.75) is 33.7 Å². The van der Waals surface area contributed by atoms with Crippen LogP contribution < -0.4 is 0 Å². The zero-order chi connectivity index (χ0) is 8.43. The van der Waals surface area contributed by atoms with Gasteiger partial charge in [-0.2, -0.15) is 5.92 Å². The molecule has 0 N–H and O–H groups in total. The number of hydrogen-bond acceptors (Lipinski definition) is 1. The number of likely N-dealkylation sites (tertiary alicyclic amines) is 1. The van der Waals surface area contributed by atoms with Gasteiger partial charge < -0.3 is 11.3 Å². The van der Waals surface area contributed by atoms with E-state index in [1.54, 1.807) is 0 Å². The third kappa shape index (κ3) is 6.03. The van der Waals surface area contributed by atoms with Crippen LogP contribution in [0.2, 0.25) is 0 Å². The summed E-state index contributed by atoms with van der Waals surface area (Å²) in [5, 5.41) is 0. The molecular formula is C10H19NWY-2. The van der Waals surface area contributed by atoms with Crippen LogP contribution in [0.1, 0.15) is 27.7 Å². The standard InChI is InChI=1S/C10H19N.W.Y/c1-8(2)11-6-9(3)5-10(4)7-11;;/h5-6,8-10H,7H2,1-4H3;;/q-2;;. The molecule has 75 valence electrons. The number of hydrogen-bond donors (Lipinski definition) is 0. The molecule has 1 aliphatic rings. The van der Waals surface area contributed by atoms with E-state index < -0.39 is 0 Å². The van der Waals surface area contributed by atoms with Crippen molar-refractivity contribution in [3.05, 3.63) is 13.0 Å². The van der Waals surface area contributed by atoms with E-state index in [0.29, 0.717) is 12.0 Å². The Morgan fingerprint density at radius 2 is 1.85 bits per heavy atom. The molecule has 0 aromatic carbocycles. The fraction of sp³-hybridized carbons (Fsp3) is 0.800. The Balaban J connectivity index is 0. The monoisotopic (exact) mass is 426 g/mol. The van der Waals surface area contributed by atoms with E-state index in [4.69, 9.17) is 0 Å². The molecule has 1 nitrogen and oxygen atoms in total. The molecule has 0 aromatic rings. The van der Waals surface area contributed by atoms with E-state index in [1.807, 2.05) is 0 Å². The maximum absolute atomic E-state index is 2.44. The van der Waals surface area contributed by atoms with Gasteiger partial charge in [0.15, 0.2) is 0 Å². The summed E-state index contributed by atoms with van der Waals surface area (Å²) in [7, 11) is 0. The van der Waals surface area contributed by atoms with Gasteiger partial charge in [-0.25, -0.2) is 0 Å². The first kappa shape index (κ1) is 17.2. The quantitative estimate of drug-likeness (QED) is 0.583. The van der Waals surface area contributed by atoms with E-state index in [0.717, 1.165) is 5.92 Å². The largest absolute Gasteiger partial charge is 0.458 e. The molecule has 1 radical (unpaired) electrons. The van der Waals surface area contributed by atoms with Gasteiger partial charge in [0.25, 0.3) is 0 Å². The van der Waals surface area contributed by atoms with Gasteiger partial charge in [0.1, 0.15) is 0 Å². The minimum Gasteiger partial charge on any atom is -0.458 e. The third-order valence-electron chi connectivity index (χ3n) is 2.22. The maximum atomic E-state index is 2.44. The summed E-state index contributed by atoms with van der Waals surface area (Å²) >= 11 is 0. The molecule has 1 fully saturated rings.